The van der Waals surface area contributed by atoms with Gasteiger partial charge in [0.1, 0.15) is 19.6 Å². The second-order valence-electron chi connectivity index (χ2n) is 17.0. The van der Waals surface area contributed by atoms with Gasteiger partial charge in [-0.1, -0.05) is 125 Å². The molecule has 6 nitrogen and oxygen atoms in total. The lowest BCUT2D eigenvalue weighted by molar-refractivity contribution is -0.697. The third-order valence-corrected chi connectivity index (χ3v) is 12.1. The number of phenolic OH excluding ortho intramolecular Hbond substituents is 2. The Morgan fingerprint density at radius 1 is 0.369 bits per heavy atom. The fourth-order valence-electron chi connectivity index (χ4n) is 6.59. The SMILES string of the molecule is C.C.C.C.CCC(C)c1cc[n+](Cc2ccc(O)c(O)c2)cc1.CCCC[n+]1ccc(C(C)CC)cc1.CCCC[n+]1ccc(C(C)CC)cc1.CCCC[n+]1ccc(C(C)CC)cc1. The summed E-state index contributed by atoms with van der Waals surface area (Å²) in [5, 5.41) is 18.7. The van der Waals surface area contributed by atoms with Gasteiger partial charge in [-0.2, -0.15) is 0 Å². The van der Waals surface area contributed by atoms with Gasteiger partial charge >= 0.3 is 0 Å². The van der Waals surface area contributed by atoms with Crippen LogP contribution in [0.4, 0.5) is 0 Å². The number of pyridine rings is 4. The van der Waals surface area contributed by atoms with Crippen LogP contribution >= 0.6 is 0 Å². The Hall–Kier alpha value is -4.58. The van der Waals surface area contributed by atoms with Gasteiger partial charge in [0.2, 0.25) is 0 Å². The number of benzene rings is 1. The smallest absolute Gasteiger partial charge is 0.173 e. The second kappa shape index (κ2) is 37.6. The molecular weight excluding hydrogens is 797 g/mol. The molecule has 4 atom stereocenters. The van der Waals surface area contributed by atoms with Crippen molar-refractivity contribution in [3.05, 3.63) is 144 Å². The van der Waals surface area contributed by atoms with Crippen molar-refractivity contribution < 1.29 is 28.5 Å². The molecule has 0 radical (unpaired) electrons. The Bertz CT molecular complexity index is 1700. The first-order valence-electron chi connectivity index (χ1n) is 23.9. The Labute approximate surface area is 402 Å². The molecule has 0 saturated heterocycles. The Morgan fingerprint density at radius 3 is 0.862 bits per heavy atom. The largest absolute Gasteiger partial charge is 0.504 e. The molecule has 4 unspecified atom stereocenters. The summed E-state index contributed by atoms with van der Waals surface area (Å²) in [5.74, 6) is 2.49. The molecule has 0 spiro atoms. The maximum atomic E-state index is 9.47. The number of aromatic nitrogens is 4. The van der Waals surface area contributed by atoms with Gasteiger partial charge in [-0.05, 0) is 89.8 Å². The highest BCUT2D eigenvalue weighted by atomic mass is 16.3. The second-order valence-corrected chi connectivity index (χ2v) is 17.0. The molecule has 0 aliphatic carbocycles. The van der Waals surface area contributed by atoms with Gasteiger partial charge in [0.05, 0.1) is 0 Å². The minimum atomic E-state index is -0.0825. The average molecular weight is 899 g/mol. The van der Waals surface area contributed by atoms with Gasteiger partial charge in [0.15, 0.2) is 67.6 Å². The zero-order chi connectivity index (χ0) is 45.0. The molecule has 2 N–H and O–H groups in total. The summed E-state index contributed by atoms with van der Waals surface area (Å²) in [6.45, 7) is 28.8. The molecule has 0 aliphatic rings. The van der Waals surface area contributed by atoms with Crippen LogP contribution in [0.15, 0.2) is 116 Å². The molecule has 6 heteroatoms. The molecule has 65 heavy (non-hydrogen) atoms. The minimum Gasteiger partial charge on any atom is -0.504 e. The van der Waals surface area contributed by atoms with E-state index < -0.39 is 0 Å². The molecule has 0 aliphatic heterocycles. The first kappa shape index (κ1) is 64.7. The molecule has 5 rings (SSSR count). The van der Waals surface area contributed by atoms with Crippen LogP contribution in [0.5, 0.6) is 11.5 Å². The highest BCUT2D eigenvalue weighted by Crippen LogP contribution is 2.25. The molecule has 4 heterocycles. The van der Waals surface area contributed by atoms with Crippen molar-refractivity contribution in [1.29, 1.82) is 0 Å². The lowest BCUT2D eigenvalue weighted by Crippen LogP contribution is -2.33. The van der Waals surface area contributed by atoms with E-state index in [1.54, 1.807) is 6.07 Å². The molecule has 0 amide bonds. The quantitative estimate of drug-likeness (QED) is 0.0641. The fourth-order valence-corrected chi connectivity index (χ4v) is 6.59. The topological polar surface area (TPSA) is 56.0 Å². The predicted octanol–water partition coefficient (Wildman–Crippen LogP) is 15.4. The van der Waals surface area contributed by atoms with Crippen LogP contribution in [-0.4, -0.2) is 10.2 Å². The summed E-state index contributed by atoms with van der Waals surface area (Å²) in [4.78, 5) is 0. The van der Waals surface area contributed by atoms with Gasteiger partial charge < -0.3 is 10.2 Å². The number of hydrogen-bond acceptors (Lipinski definition) is 2. The molecule has 0 bridgehead atoms. The highest BCUT2D eigenvalue weighted by Gasteiger charge is 2.10. The van der Waals surface area contributed by atoms with E-state index in [2.05, 4.69) is 180 Å². The number of phenols is 2. The zero-order valence-corrected chi connectivity index (χ0v) is 40.4. The van der Waals surface area contributed by atoms with E-state index in [4.69, 9.17) is 0 Å². The average Bonchev–Trinajstić information content (AvgIpc) is 3.31. The molecule has 0 fully saturated rings. The first-order valence-corrected chi connectivity index (χ1v) is 23.9. The van der Waals surface area contributed by atoms with E-state index in [-0.39, 0.29) is 41.2 Å². The summed E-state index contributed by atoms with van der Waals surface area (Å²) >= 11 is 0. The van der Waals surface area contributed by atoms with Crippen molar-refractivity contribution in [2.24, 2.45) is 0 Å². The van der Waals surface area contributed by atoms with Crippen molar-refractivity contribution in [2.75, 3.05) is 0 Å². The minimum absolute atomic E-state index is 0. The number of rotatable bonds is 19. The zero-order valence-electron chi connectivity index (χ0n) is 40.4. The van der Waals surface area contributed by atoms with E-state index >= 15 is 0 Å². The van der Waals surface area contributed by atoms with Gasteiger partial charge in [0, 0.05) is 73.4 Å². The molecule has 4 aromatic heterocycles. The summed E-state index contributed by atoms with van der Waals surface area (Å²) < 4.78 is 8.87. The van der Waals surface area contributed by atoms with Crippen molar-refractivity contribution >= 4 is 0 Å². The monoisotopic (exact) mass is 899 g/mol. The standard InChI is InChI=1S/C16H19NO2.3C13H22N.4CH4/c1-3-12(2)14-6-8-17(9-7-14)11-13-4-5-15(18)16(19)10-13;3*1-4-6-9-14-10-7-13(8-11-14)12(3)5-2;;;;/h4-10,12H,3,11H2,1-2H3,(H-,18,19);3*7-8,10-12H,4-6,9H2,1-3H3;4*1H4/q;3*+1;;;;/p+1. The predicted molar refractivity (Wildman–Crippen MR) is 282 cm³/mol. The van der Waals surface area contributed by atoms with Crippen LogP contribution < -0.4 is 18.3 Å². The van der Waals surface area contributed by atoms with Crippen molar-refractivity contribution in [3.63, 3.8) is 0 Å². The summed E-state index contributed by atoms with van der Waals surface area (Å²) in [6, 6.07) is 22.7. The van der Waals surface area contributed by atoms with Crippen LogP contribution in [-0.2, 0) is 26.2 Å². The van der Waals surface area contributed by atoms with Gasteiger partial charge in [-0.25, -0.2) is 18.3 Å². The third-order valence-electron chi connectivity index (χ3n) is 12.1. The molecule has 0 saturated carbocycles. The van der Waals surface area contributed by atoms with Crippen molar-refractivity contribution in [1.82, 2.24) is 0 Å². The highest BCUT2D eigenvalue weighted by molar-refractivity contribution is 5.40. The number of aromatic hydroxyl groups is 2. The number of nitrogens with zero attached hydrogens (tertiary/aromatic N) is 4. The Balaban J connectivity index is -0.000000780. The van der Waals surface area contributed by atoms with Crippen molar-refractivity contribution in [3.8, 4) is 11.5 Å². The summed E-state index contributed by atoms with van der Waals surface area (Å²) in [6.07, 6.45) is 29.7. The van der Waals surface area contributed by atoms with Crippen LogP contribution in [0.2, 0.25) is 0 Å². The van der Waals surface area contributed by atoms with Crippen LogP contribution in [0.25, 0.3) is 0 Å². The lowest BCUT2D eigenvalue weighted by atomic mass is 10.0. The van der Waals surface area contributed by atoms with Gasteiger partial charge in [-0.3, -0.25) is 0 Å². The third kappa shape index (κ3) is 25.1. The van der Waals surface area contributed by atoms with Gasteiger partial charge in [-0.15, -0.1) is 0 Å². The number of hydrogen-bond donors (Lipinski definition) is 2. The van der Waals surface area contributed by atoms with Crippen LogP contribution in [0.1, 0.15) is 222 Å². The normalized spacial score (nSPS) is 11.9. The van der Waals surface area contributed by atoms with Gasteiger partial charge in [0.25, 0.3) is 0 Å². The van der Waals surface area contributed by atoms with Crippen LogP contribution in [0, 0.1) is 0 Å². The fraction of sp³-hybridized carbons (Fsp3) is 0.559. The van der Waals surface area contributed by atoms with Crippen molar-refractivity contribution in [2.45, 2.75) is 220 Å². The molecule has 366 valence electrons. The van der Waals surface area contributed by atoms with E-state index in [1.165, 1.54) is 86.1 Å². The molecular formula is C59H102N4O2+4. The number of unbranched alkanes of at least 4 members (excludes halogenated alkanes) is 3. The van der Waals surface area contributed by atoms with E-state index in [0.717, 1.165) is 31.6 Å². The maximum absolute atomic E-state index is 9.47. The Morgan fingerprint density at radius 2 is 0.631 bits per heavy atom. The van der Waals surface area contributed by atoms with E-state index in [1.807, 2.05) is 18.5 Å². The molecule has 5 aromatic rings. The van der Waals surface area contributed by atoms with E-state index in [9.17, 15) is 10.2 Å². The maximum Gasteiger partial charge on any atom is 0.173 e. The van der Waals surface area contributed by atoms with E-state index in [0.29, 0.717) is 30.2 Å². The summed E-state index contributed by atoms with van der Waals surface area (Å²) in [7, 11) is 0. The first-order chi connectivity index (χ1) is 29.4. The Kier molecular flexibility index (Phi) is 37.4. The molecule has 1 aromatic carbocycles. The number of aryl methyl sites for hydroxylation is 3. The lowest BCUT2D eigenvalue weighted by Gasteiger charge is -2.07. The summed E-state index contributed by atoms with van der Waals surface area (Å²) in [5.41, 5.74) is 6.67. The van der Waals surface area contributed by atoms with Crippen LogP contribution in [0.3, 0.4) is 0 Å².